The summed E-state index contributed by atoms with van der Waals surface area (Å²) >= 11 is 0. The van der Waals surface area contributed by atoms with Crippen molar-refractivity contribution >= 4 is 0 Å². The van der Waals surface area contributed by atoms with Crippen molar-refractivity contribution in [1.82, 2.24) is 0 Å². The van der Waals surface area contributed by atoms with E-state index in [1.54, 1.807) is 0 Å². The Hall–Kier alpha value is -0.0265. The first-order valence-electron chi connectivity index (χ1n) is 7.30. The van der Waals surface area contributed by atoms with Crippen molar-refractivity contribution in [2.45, 2.75) is 77.0 Å². The Balaban J connectivity index is 0.000000284. The third kappa shape index (κ3) is 12.2. The zero-order valence-corrected chi connectivity index (χ0v) is 12.1. The van der Waals surface area contributed by atoms with Gasteiger partial charge in [-0.2, -0.15) is 0 Å². The van der Waals surface area contributed by atoms with E-state index >= 15 is 0 Å². The average Bonchev–Trinajstić information content (AvgIpc) is 2.15. The second kappa shape index (κ2) is 14.0. The van der Waals surface area contributed by atoms with Gasteiger partial charge in [-0.3, -0.25) is 0 Å². The van der Waals surface area contributed by atoms with Crippen LogP contribution in [0.1, 0.15) is 77.0 Å². The zero-order valence-electron chi connectivity index (χ0n) is 11.1. The summed E-state index contributed by atoms with van der Waals surface area (Å²) in [5.74, 6) is 0. The molecule has 0 amide bonds. The standard InChI is InChI=1S/2C8H14.Ni/c2*1-2-4-6-8-7-5-3-1;/h2*1-2H,3-8H2;/b2*2-1-;. The molecule has 2 rings (SSSR count). The predicted octanol–water partition coefficient (Wildman–Crippen LogP) is 5.79. The van der Waals surface area contributed by atoms with Gasteiger partial charge in [-0.25, -0.2) is 0 Å². The number of allylic oxidation sites excluding steroid dienone is 4. The van der Waals surface area contributed by atoms with E-state index in [1.807, 2.05) is 0 Å². The van der Waals surface area contributed by atoms with Gasteiger partial charge in [-0.1, -0.05) is 50.0 Å². The molecule has 0 aromatic carbocycles. The van der Waals surface area contributed by atoms with Gasteiger partial charge in [0.25, 0.3) is 0 Å². The Labute approximate surface area is 118 Å². The van der Waals surface area contributed by atoms with Crippen LogP contribution in [0.5, 0.6) is 0 Å². The minimum Gasteiger partial charge on any atom is -0.0885 e. The van der Waals surface area contributed by atoms with Gasteiger partial charge < -0.3 is 0 Å². The van der Waals surface area contributed by atoms with Crippen molar-refractivity contribution in [3.05, 3.63) is 24.3 Å². The molecule has 0 bridgehead atoms. The van der Waals surface area contributed by atoms with Gasteiger partial charge in [0.1, 0.15) is 0 Å². The van der Waals surface area contributed by atoms with Gasteiger partial charge in [-0.05, 0) is 51.4 Å². The van der Waals surface area contributed by atoms with Crippen molar-refractivity contribution < 1.29 is 16.5 Å². The van der Waals surface area contributed by atoms with Crippen LogP contribution in [0.25, 0.3) is 0 Å². The Morgan fingerprint density at radius 1 is 0.353 bits per heavy atom. The van der Waals surface area contributed by atoms with Crippen LogP contribution in [0.2, 0.25) is 0 Å². The van der Waals surface area contributed by atoms with Crippen LogP contribution in [0.15, 0.2) is 24.3 Å². The zero-order chi connectivity index (χ0) is 11.3. The van der Waals surface area contributed by atoms with Gasteiger partial charge >= 0.3 is 0 Å². The van der Waals surface area contributed by atoms with E-state index in [4.69, 9.17) is 0 Å². The van der Waals surface area contributed by atoms with Crippen molar-refractivity contribution in [1.29, 1.82) is 0 Å². The molecule has 0 saturated carbocycles. The molecule has 2 aliphatic rings. The van der Waals surface area contributed by atoms with Gasteiger partial charge in [0.05, 0.1) is 0 Å². The summed E-state index contributed by atoms with van der Waals surface area (Å²) < 4.78 is 0. The summed E-state index contributed by atoms with van der Waals surface area (Å²) in [4.78, 5) is 0. The molecule has 0 unspecified atom stereocenters. The second-order valence-corrected chi connectivity index (χ2v) is 4.93. The van der Waals surface area contributed by atoms with Crippen LogP contribution in [0.4, 0.5) is 0 Å². The summed E-state index contributed by atoms with van der Waals surface area (Å²) in [5.41, 5.74) is 0. The molecule has 17 heavy (non-hydrogen) atoms. The normalized spacial score (nSPS) is 24.5. The number of hydrogen-bond donors (Lipinski definition) is 0. The average molecular weight is 279 g/mol. The number of rotatable bonds is 0. The monoisotopic (exact) mass is 278 g/mol. The molecule has 0 nitrogen and oxygen atoms in total. The van der Waals surface area contributed by atoms with E-state index in [1.165, 1.54) is 77.0 Å². The van der Waals surface area contributed by atoms with Gasteiger partial charge in [0, 0.05) is 16.5 Å². The van der Waals surface area contributed by atoms with E-state index in [0.717, 1.165) is 0 Å². The molecule has 0 N–H and O–H groups in total. The molecule has 0 heterocycles. The molecule has 0 atom stereocenters. The molecule has 0 aromatic rings. The summed E-state index contributed by atoms with van der Waals surface area (Å²) in [7, 11) is 0. The third-order valence-electron chi connectivity index (χ3n) is 3.32. The molecular formula is C16H28Ni. The molecular weight excluding hydrogens is 251 g/mol. The van der Waals surface area contributed by atoms with Crippen molar-refractivity contribution in [2.75, 3.05) is 0 Å². The fourth-order valence-corrected chi connectivity index (χ4v) is 2.23. The first-order valence-corrected chi connectivity index (χ1v) is 7.30. The van der Waals surface area contributed by atoms with Crippen LogP contribution in [0.3, 0.4) is 0 Å². The predicted molar refractivity (Wildman–Crippen MR) is 73.7 cm³/mol. The maximum atomic E-state index is 2.32. The minimum atomic E-state index is 0. The van der Waals surface area contributed by atoms with Crippen LogP contribution < -0.4 is 0 Å². The molecule has 1 heteroatoms. The van der Waals surface area contributed by atoms with Gasteiger partial charge in [0.2, 0.25) is 0 Å². The molecule has 0 aliphatic heterocycles. The van der Waals surface area contributed by atoms with E-state index in [-0.39, 0.29) is 16.5 Å². The smallest absolute Gasteiger partial charge is 0 e. The van der Waals surface area contributed by atoms with Crippen molar-refractivity contribution in [3.63, 3.8) is 0 Å². The quantitative estimate of drug-likeness (QED) is 0.389. The molecule has 2 aliphatic carbocycles. The SMILES string of the molecule is C1=C\CCCCCC/1.C1=C\CCCCCC/1.[Ni]. The Bertz CT molecular complexity index is 152. The first-order chi connectivity index (χ1) is 8.00. The van der Waals surface area contributed by atoms with Crippen LogP contribution in [0, 0.1) is 0 Å². The molecule has 102 valence electrons. The maximum Gasteiger partial charge on any atom is 0 e. The summed E-state index contributed by atoms with van der Waals surface area (Å²) in [5, 5.41) is 0. The molecule has 0 aromatic heterocycles. The second-order valence-electron chi connectivity index (χ2n) is 4.93. The van der Waals surface area contributed by atoms with E-state index in [2.05, 4.69) is 24.3 Å². The Morgan fingerprint density at radius 2 is 0.588 bits per heavy atom. The van der Waals surface area contributed by atoms with Crippen LogP contribution in [-0.2, 0) is 16.5 Å². The van der Waals surface area contributed by atoms with Gasteiger partial charge in [0.15, 0.2) is 0 Å². The fraction of sp³-hybridized carbons (Fsp3) is 0.750. The molecule has 0 fully saturated rings. The van der Waals surface area contributed by atoms with Crippen molar-refractivity contribution in [3.8, 4) is 0 Å². The largest absolute Gasteiger partial charge is 0.0885 e. The summed E-state index contributed by atoms with van der Waals surface area (Å²) in [6.07, 6.45) is 26.0. The first kappa shape index (κ1) is 17.0. The van der Waals surface area contributed by atoms with Crippen LogP contribution >= 0.6 is 0 Å². The molecule has 0 saturated heterocycles. The maximum absolute atomic E-state index is 2.32. The van der Waals surface area contributed by atoms with E-state index < -0.39 is 0 Å². The van der Waals surface area contributed by atoms with E-state index in [9.17, 15) is 0 Å². The molecule has 0 spiro atoms. The Morgan fingerprint density at radius 3 is 0.824 bits per heavy atom. The van der Waals surface area contributed by atoms with E-state index in [0.29, 0.717) is 0 Å². The van der Waals surface area contributed by atoms with Crippen molar-refractivity contribution in [2.24, 2.45) is 0 Å². The summed E-state index contributed by atoms with van der Waals surface area (Å²) in [6.45, 7) is 0. The van der Waals surface area contributed by atoms with Crippen LogP contribution in [-0.4, -0.2) is 0 Å². The minimum absolute atomic E-state index is 0. The fourth-order valence-electron chi connectivity index (χ4n) is 2.23. The topological polar surface area (TPSA) is 0 Å². The number of hydrogen-bond acceptors (Lipinski definition) is 0. The summed E-state index contributed by atoms with van der Waals surface area (Å²) in [6, 6.07) is 0. The third-order valence-corrected chi connectivity index (χ3v) is 3.32. The van der Waals surface area contributed by atoms with Gasteiger partial charge in [-0.15, -0.1) is 0 Å². The Kier molecular flexibility index (Phi) is 14.0. The molecule has 0 radical (unpaired) electrons.